The zero-order valence-electron chi connectivity index (χ0n) is 14.4. The van der Waals surface area contributed by atoms with Crippen molar-refractivity contribution < 1.29 is 4.74 Å². The highest BCUT2D eigenvalue weighted by Crippen LogP contribution is 2.33. The van der Waals surface area contributed by atoms with Crippen LogP contribution >= 0.6 is 0 Å². The van der Waals surface area contributed by atoms with E-state index in [9.17, 15) is 0 Å². The Balaban J connectivity index is 1.86. The number of rotatable bonds is 6. The molecular weight excluding hydrogens is 292 g/mol. The lowest BCUT2D eigenvalue weighted by atomic mass is 9.87. The largest absolute Gasteiger partial charge is 0.496 e. The van der Waals surface area contributed by atoms with Crippen LogP contribution in [-0.2, 0) is 0 Å². The van der Waals surface area contributed by atoms with Crippen molar-refractivity contribution in [2.45, 2.75) is 32.1 Å². The number of para-hydroxylation sites is 1. The van der Waals surface area contributed by atoms with Crippen LogP contribution in [0.25, 0.3) is 11.6 Å². The van der Waals surface area contributed by atoms with Crippen molar-refractivity contribution in [1.29, 1.82) is 0 Å². The van der Waals surface area contributed by atoms with Gasteiger partial charge in [-0.15, -0.1) is 0 Å². The predicted octanol–water partition coefficient (Wildman–Crippen LogP) is 6.37. The summed E-state index contributed by atoms with van der Waals surface area (Å²) in [6, 6.07) is 18.9. The monoisotopic (exact) mass is 318 g/mol. The van der Waals surface area contributed by atoms with Gasteiger partial charge in [-0.1, -0.05) is 66.8 Å². The molecule has 24 heavy (non-hydrogen) atoms. The smallest absolute Gasteiger partial charge is 0.126 e. The van der Waals surface area contributed by atoms with Gasteiger partial charge in [0.25, 0.3) is 0 Å². The molecule has 0 bridgehead atoms. The van der Waals surface area contributed by atoms with Gasteiger partial charge in [0, 0.05) is 5.56 Å². The molecule has 3 rings (SSSR count). The van der Waals surface area contributed by atoms with Gasteiger partial charge in [0.1, 0.15) is 5.75 Å². The number of benzene rings is 2. The Morgan fingerprint density at radius 3 is 2.58 bits per heavy atom. The van der Waals surface area contributed by atoms with Gasteiger partial charge in [0.15, 0.2) is 0 Å². The fraction of sp³-hybridized carbons (Fsp3) is 0.304. The highest BCUT2D eigenvalue weighted by Gasteiger charge is 2.13. The topological polar surface area (TPSA) is 9.23 Å². The lowest BCUT2D eigenvalue weighted by molar-refractivity contribution is 0.412. The molecule has 1 atom stereocenters. The van der Waals surface area contributed by atoms with Crippen molar-refractivity contribution in [3.8, 4) is 5.75 Å². The van der Waals surface area contributed by atoms with Crippen LogP contribution in [0.4, 0.5) is 0 Å². The molecule has 0 fully saturated rings. The van der Waals surface area contributed by atoms with Crippen LogP contribution < -0.4 is 4.74 Å². The first kappa shape index (κ1) is 16.6. The van der Waals surface area contributed by atoms with E-state index in [0.717, 1.165) is 18.1 Å². The minimum atomic E-state index is 0.809. The first-order chi connectivity index (χ1) is 11.9. The quantitative estimate of drug-likeness (QED) is 0.444. The number of allylic oxidation sites excluding steroid dienone is 3. The number of hydrogen-bond acceptors (Lipinski definition) is 1. The molecule has 1 heteroatoms. The van der Waals surface area contributed by atoms with Crippen molar-refractivity contribution in [2.75, 3.05) is 7.11 Å². The molecule has 1 aliphatic rings. The molecule has 1 aliphatic carbocycles. The van der Waals surface area contributed by atoms with Crippen LogP contribution in [0, 0.1) is 5.92 Å². The summed E-state index contributed by atoms with van der Waals surface area (Å²) in [6.07, 6.45) is 13.1. The summed E-state index contributed by atoms with van der Waals surface area (Å²) >= 11 is 0. The second-order valence-electron chi connectivity index (χ2n) is 6.47. The van der Waals surface area contributed by atoms with Crippen molar-refractivity contribution in [3.63, 3.8) is 0 Å². The third-order valence-electron chi connectivity index (χ3n) is 4.79. The van der Waals surface area contributed by atoms with E-state index in [2.05, 4.69) is 66.8 Å². The number of methoxy groups -OCH3 is 1. The second kappa shape index (κ2) is 8.54. The summed E-state index contributed by atoms with van der Waals surface area (Å²) in [5.74, 6) is 1.77. The number of hydrogen-bond donors (Lipinski definition) is 0. The minimum absolute atomic E-state index is 0.809. The third-order valence-corrected chi connectivity index (χ3v) is 4.79. The summed E-state index contributed by atoms with van der Waals surface area (Å²) < 4.78 is 5.60. The van der Waals surface area contributed by atoms with E-state index in [1.807, 2.05) is 6.07 Å². The molecule has 0 N–H and O–H groups in total. The van der Waals surface area contributed by atoms with Gasteiger partial charge in [-0.2, -0.15) is 0 Å². The maximum absolute atomic E-state index is 5.60. The standard InChI is InChI=1S/C23H26O/c1-24-23-15-9-8-14-22(23)21(18-20-12-6-3-7-13-20)17-16-19-10-4-2-5-11-19/h2-4,6-9,12-15,18-19H,5,10-11,16-17H2,1H3/b21-18-. The van der Waals surface area contributed by atoms with E-state index in [1.54, 1.807) is 7.11 Å². The molecule has 1 unspecified atom stereocenters. The fourth-order valence-corrected chi connectivity index (χ4v) is 3.42. The molecule has 0 aromatic heterocycles. The average molecular weight is 318 g/mol. The second-order valence-corrected chi connectivity index (χ2v) is 6.47. The van der Waals surface area contributed by atoms with Crippen LogP contribution in [0.2, 0.25) is 0 Å². The Kier molecular flexibility index (Phi) is 5.90. The molecule has 2 aromatic rings. The molecule has 0 aliphatic heterocycles. The van der Waals surface area contributed by atoms with Crippen LogP contribution in [-0.4, -0.2) is 7.11 Å². The Morgan fingerprint density at radius 2 is 1.83 bits per heavy atom. The zero-order chi connectivity index (χ0) is 16.6. The van der Waals surface area contributed by atoms with E-state index in [-0.39, 0.29) is 0 Å². The lowest BCUT2D eigenvalue weighted by Crippen LogP contribution is -2.03. The van der Waals surface area contributed by atoms with Crippen LogP contribution in [0.15, 0.2) is 66.7 Å². The summed E-state index contributed by atoms with van der Waals surface area (Å²) in [6.45, 7) is 0. The van der Waals surface area contributed by atoms with Gasteiger partial charge in [0.2, 0.25) is 0 Å². The van der Waals surface area contributed by atoms with E-state index < -0.39 is 0 Å². The predicted molar refractivity (Wildman–Crippen MR) is 103 cm³/mol. The summed E-state index contributed by atoms with van der Waals surface area (Å²) in [4.78, 5) is 0. The van der Waals surface area contributed by atoms with Crippen molar-refractivity contribution in [1.82, 2.24) is 0 Å². The molecule has 1 nitrogen and oxygen atoms in total. The highest BCUT2D eigenvalue weighted by molar-refractivity contribution is 5.83. The van der Waals surface area contributed by atoms with Crippen molar-refractivity contribution >= 4 is 11.6 Å². The molecule has 2 aromatic carbocycles. The summed E-state index contributed by atoms with van der Waals surface area (Å²) in [7, 11) is 1.75. The van der Waals surface area contributed by atoms with Crippen LogP contribution in [0.1, 0.15) is 43.2 Å². The molecular formula is C23H26O. The highest BCUT2D eigenvalue weighted by atomic mass is 16.5. The molecule has 0 heterocycles. The van der Waals surface area contributed by atoms with E-state index in [4.69, 9.17) is 4.74 Å². The van der Waals surface area contributed by atoms with Gasteiger partial charge in [-0.25, -0.2) is 0 Å². The van der Waals surface area contributed by atoms with Gasteiger partial charge < -0.3 is 4.74 Å². The molecule has 0 saturated carbocycles. The SMILES string of the molecule is COc1ccccc1/C(=C\c1ccccc1)CCC1CC=CCC1. The minimum Gasteiger partial charge on any atom is -0.496 e. The van der Waals surface area contributed by atoms with E-state index >= 15 is 0 Å². The Labute approximate surface area is 145 Å². The van der Waals surface area contributed by atoms with E-state index in [1.165, 1.54) is 42.4 Å². The molecule has 0 spiro atoms. The zero-order valence-corrected chi connectivity index (χ0v) is 14.4. The Hall–Kier alpha value is -2.28. The average Bonchev–Trinajstić information content (AvgIpc) is 2.67. The van der Waals surface area contributed by atoms with E-state index in [0.29, 0.717) is 0 Å². The molecule has 0 radical (unpaired) electrons. The maximum atomic E-state index is 5.60. The van der Waals surface area contributed by atoms with Crippen molar-refractivity contribution in [2.24, 2.45) is 5.92 Å². The normalized spacial score (nSPS) is 17.7. The first-order valence-electron chi connectivity index (χ1n) is 8.91. The Bertz CT molecular complexity index is 697. The summed E-state index contributed by atoms with van der Waals surface area (Å²) in [5.41, 5.74) is 3.84. The van der Waals surface area contributed by atoms with Crippen LogP contribution in [0.3, 0.4) is 0 Å². The first-order valence-corrected chi connectivity index (χ1v) is 8.91. The fourth-order valence-electron chi connectivity index (χ4n) is 3.42. The lowest BCUT2D eigenvalue weighted by Gasteiger charge is -2.19. The maximum Gasteiger partial charge on any atom is 0.126 e. The van der Waals surface area contributed by atoms with Crippen molar-refractivity contribution in [3.05, 3.63) is 77.9 Å². The van der Waals surface area contributed by atoms with Gasteiger partial charge in [-0.3, -0.25) is 0 Å². The summed E-state index contributed by atoms with van der Waals surface area (Å²) in [5, 5.41) is 0. The third kappa shape index (κ3) is 4.38. The van der Waals surface area contributed by atoms with Crippen LogP contribution in [0.5, 0.6) is 5.75 Å². The van der Waals surface area contributed by atoms with Gasteiger partial charge in [0.05, 0.1) is 7.11 Å². The molecule has 124 valence electrons. The van der Waals surface area contributed by atoms with Gasteiger partial charge >= 0.3 is 0 Å². The Morgan fingerprint density at radius 1 is 1.04 bits per heavy atom. The molecule has 0 amide bonds. The number of ether oxygens (including phenoxy) is 1. The van der Waals surface area contributed by atoms with Gasteiger partial charge in [-0.05, 0) is 55.2 Å². The molecule has 0 saturated heterocycles.